The van der Waals surface area contributed by atoms with Crippen molar-refractivity contribution < 1.29 is 0 Å². The molecule has 0 saturated heterocycles. The SMILES string of the molecule is C/C(=N\CC/N=C(\C)c1ccccn1)c1ccccn1. The number of nitrogens with zero attached hydrogens (tertiary/aromatic N) is 4. The lowest BCUT2D eigenvalue weighted by atomic mass is 10.2. The molecule has 2 heterocycles. The fraction of sp³-hybridized carbons (Fsp3) is 0.250. The Kier molecular flexibility index (Phi) is 5.12. The summed E-state index contributed by atoms with van der Waals surface area (Å²) < 4.78 is 0. The fourth-order valence-electron chi connectivity index (χ4n) is 1.75. The summed E-state index contributed by atoms with van der Waals surface area (Å²) in [5, 5.41) is 0. The Hall–Kier alpha value is -2.36. The minimum Gasteiger partial charge on any atom is -0.286 e. The Morgan fingerprint density at radius 1 is 0.800 bits per heavy atom. The van der Waals surface area contributed by atoms with Crippen LogP contribution >= 0.6 is 0 Å². The van der Waals surface area contributed by atoms with Gasteiger partial charge < -0.3 is 0 Å². The zero-order valence-electron chi connectivity index (χ0n) is 11.8. The van der Waals surface area contributed by atoms with Crippen molar-refractivity contribution in [2.45, 2.75) is 13.8 Å². The quantitative estimate of drug-likeness (QED) is 0.617. The lowest BCUT2D eigenvalue weighted by molar-refractivity contribution is 0.969. The van der Waals surface area contributed by atoms with Gasteiger partial charge in [-0.3, -0.25) is 20.0 Å². The van der Waals surface area contributed by atoms with Crippen LogP contribution in [-0.2, 0) is 0 Å². The molecule has 4 nitrogen and oxygen atoms in total. The second-order valence-electron chi connectivity index (χ2n) is 4.36. The third kappa shape index (κ3) is 4.09. The van der Waals surface area contributed by atoms with Crippen LogP contribution in [-0.4, -0.2) is 34.5 Å². The van der Waals surface area contributed by atoms with Crippen LogP contribution in [0.5, 0.6) is 0 Å². The van der Waals surface area contributed by atoms with Gasteiger partial charge in [-0.05, 0) is 38.1 Å². The van der Waals surface area contributed by atoms with Crippen LogP contribution in [0.3, 0.4) is 0 Å². The van der Waals surface area contributed by atoms with Crippen LogP contribution in [0.25, 0.3) is 0 Å². The van der Waals surface area contributed by atoms with Crippen molar-refractivity contribution in [2.24, 2.45) is 9.98 Å². The van der Waals surface area contributed by atoms with E-state index >= 15 is 0 Å². The summed E-state index contributed by atoms with van der Waals surface area (Å²) in [4.78, 5) is 17.5. The highest BCUT2D eigenvalue weighted by Gasteiger charge is 1.98. The fourth-order valence-corrected chi connectivity index (χ4v) is 1.75. The third-order valence-electron chi connectivity index (χ3n) is 2.87. The number of hydrogen-bond acceptors (Lipinski definition) is 4. The van der Waals surface area contributed by atoms with Crippen molar-refractivity contribution in [1.82, 2.24) is 9.97 Å². The molecule has 0 aliphatic carbocycles. The van der Waals surface area contributed by atoms with E-state index < -0.39 is 0 Å². The molecule has 2 aromatic rings. The number of rotatable bonds is 5. The Bertz CT molecular complexity index is 533. The molecule has 0 amide bonds. The van der Waals surface area contributed by atoms with Crippen molar-refractivity contribution in [3.8, 4) is 0 Å². The molecule has 2 aromatic heterocycles. The molecule has 0 fully saturated rings. The Morgan fingerprint density at radius 3 is 1.60 bits per heavy atom. The number of aliphatic imine (C=N–C) groups is 2. The molecule has 0 atom stereocenters. The normalized spacial score (nSPS) is 12.5. The molecule has 0 radical (unpaired) electrons. The molecule has 0 saturated carbocycles. The zero-order chi connectivity index (χ0) is 14.2. The first-order chi connectivity index (χ1) is 9.77. The highest BCUT2D eigenvalue weighted by atomic mass is 14.8. The highest BCUT2D eigenvalue weighted by Crippen LogP contribution is 1.98. The molecule has 102 valence electrons. The van der Waals surface area contributed by atoms with Crippen molar-refractivity contribution in [2.75, 3.05) is 13.1 Å². The maximum atomic E-state index is 4.49. The maximum absolute atomic E-state index is 4.49. The van der Waals surface area contributed by atoms with Gasteiger partial charge in [-0.15, -0.1) is 0 Å². The Labute approximate surface area is 119 Å². The summed E-state index contributed by atoms with van der Waals surface area (Å²) >= 11 is 0. The number of hydrogen-bond donors (Lipinski definition) is 0. The van der Waals surface area contributed by atoms with Crippen LogP contribution in [0.4, 0.5) is 0 Å². The molecule has 0 N–H and O–H groups in total. The third-order valence-corrected chi connectivity index (χ3v) is 2.87. The van der Waals surface area contributed by atoms with Gasteiger partial charge in [-0.2, -0.15) is 0 Å². The van der Waals surface area contributed by atoms with Crippen molar-refractivity contribution in [3.63, 3.8) is 0 Å². The van der Waals surface area contributed by atoms with Gasteiger partial charge in [0.25, 0.3) is 0 Å². The molecule has 2 rings (SSSR count). The van der Waals surface area contributed by atoms with Crippen molar-refractivity contribution in [3.05, 3.63) is 60.2 Å². The van der Waals surface area contributed by atoms with E-state index in [-0.39, 0.29) is 0 Å². The molecule has 0 spiro atoms. The van der Waals surface area contributed by atoms with E-state index in [0.29, 0.717) is 13.1 Å². The van der Waals surface area contributed by atoms with Crippen LogP contribution in [0.2, 0.25) is 0 Å². The molecule has 0 aliphatic rings. The lowest BCUT2D eigenvalue weighted by Gasteiger charge is -2.00. The number of aromatic nitrogens is 2. The van der Waals surface area contributed by atoms with Crippen LogP contribution in [0, 0.1) is 0 Å². The van der Waals surface area contributed by atoms with E-state index in [2.05, 4.69) is 20.0 Å². The van der Waals surface area contributed by atoms with Crippen molar-refractivity contribution >= 4 is 11.4 Å². The van der Waals surface area contributed by atoms with E-state index in [1.807, 2.05) is 50.2 Å². The topological polar surface area (TPSA) is 50.5 Å². The van der Waals surface area contributed by atoms with Gasteiger partial charge in [-0.25, -0.2) is 0 Å². The smallest absolute Gasteiger partial charge is 0.0837 e. The molecular weight excluding hydrogens is 248 g/mol. The summed E-state index contributed by atoms with van der Waals surface area (Å²) in [5.41, 5.74) is 3.71. The average Bonchev–Trinajstić information content (AvgIpc) is 2.53. The summed E-state index contributed by atoms with van der Waals surface area (Å²) in [7, 11) is 0. The predicted molar refractivity (Wildman–Crippen MR) is 82.6 cm³/mol. The predicted octanol–water partition coefficient (Wildman–Crippen LogP) is 2.79. The van der Waals surface area contributed by atoms with Gasteiger partial charge >= 0.3 is 0 Å². The van der Waals surface area contributed by atoms with Crippen LogP contribution in [0.1, 0.15) is 25.2 Å². The first kappa shape index (κ1) is 14.1. The molecular formula is C16H18N4. The van der Waals surface area contributed by atoms with Gasteiger partial charge in [0.1, 0.15) is 0 Å². The Morgan fingerprint density at radius 2 is 1.25 bits per heavy atom. The van der Waals surface area contributed by atoms with Gasteiger partial charge in [0.15, 0.2) is 0 Å². The van der Waals surface area contributed by atoms with Crippen LogP contribution < -0.4 is 0 Å². The molecule has 0 bridgehead atoms. The van der Waals surface area contributed by atoms with E-state index in [1.165, 1.54) is 0 Å². The molecule has 20 heavy (non-hydrogen) atoms. The van der Waals surface area contributed by atoms with Gasteiger partial charge in [-0.1, -0.05) is 12.1 Å². The molecule has 4 heteroatoms. The van der Waals surface area contributed by atoms with E-state index in [1.54, 1.807) is 12.4 Å². The molecule has 0 unspecified atom stereocenters. The first-order valence-electron chi connectivity index (χ1n) is 6.62. The largest absolute Gasteiger partial charge is 0.286 e. The summed E-state index contributed by atoms with van der Waals surface area (Å²) in [6.07, 6.45) is 3.55. The molecule has 0 aliphatic heterocycles. The van der Waals surface area contributed by atoms with Gasteiger partial charge in [0.05, 0.1) is 35.9 Å². The van der Waals surface area contributed by atoms with Crippen molar-refractivity contribution in [1.29, 1.82) is 0 Å². The minimum atomic E-state index is 0.659. The van der Waals surface area contributed by atoms with Crippen LogP contribution in [0.15, 0.2) is 58.8 Å². The second kappa shape index (κ2) is 7.28. The standard InChI is InChI=1S/C16H18N4/c1-13(15-7-3-5-9-19-15)17-11-12-18-14(2)16-8-4-6-10-20-16/h3-10H,11-12H2,1-2H3/b17-13+,18-14+. The number of pyridine rings is 2. The highest BCUT2D eigenvalue weighted by molar-refractivity contribution is 5.97. The summed E-state index contributed by atoms with van der Waals surface area (Å²) in [6, 6.07) is 11.6. The van der Waals surface area contributed by atoms with Gasteiger partial charge in [0, 0.05) is 12.4 Å². The molecule has 0 aromatic carbocycles. The van der Waals surface area contributed by atoms with E-state index in [0.717, 1.165) is 22.8 Å². The lowest BCUT2D eigenvalue weighted by Crippen LogP contribution is -2.03. The van der Waals surface area contributed by atoms with E-state index in [4.69, 9.17) is 0 Å². The average molecular weight is 266 g/mol. The van der Waals surface area contributed by atoms with Gasteiger partial charge in [0.2, 0.25) is 0 Å². The maximum Gasteiger partial charge on any atom is 0.0837 e. The summed E-state index contributed by atoms with van der Waals surface area (Å²) in [6.45, 7) is 5.26. The first-order valence-corrected chi connectivity index (χ1v) is 6.62. The monoisotopic (exact) mass is 266 g/mol. The second-order valence-corrected chi connectivity index (χ2v) is 4.36. The van der Waals surface area contributed by atoms with E-state index in [9.17, 15) is 0 Å². The minimum absolute atomic E-state index is 0.659. The zero-order valence-corrected chi connectivity index (χ0v) is 11.8. The Balaban J connectivity index is 1.90. The summed E-state index contributed by atoms with van der Waals surface area (Å²) in [5.74, 6) is 0.